The molecule has 14 nitrogen and oxygen atoms in total. The normalized spacial score (nSPS) is 12.5. The number of aromatic amines is 1. The number of rotatable bonds is 7. The van der Waals surface area contributed by atoms with Gasteiger partial charge in [-0.2, -0.15) is 0 Å². The number of nitrogens with one attached hydrogen (secondary N) is 3. The molecule has 1 aliphatic heterocycles. The molecule has 3 heterocycles. The van der Waals surface area contributed by atoms with Crippen LogP contribution in [0.3, 0.4) is 0 Å². The number of amidine groups is 1. The zero-order chi connectivity index (χ0) is 28.8. The Morgan fingerprint density at radius 3 is 2.45 bits per heavy atom. The Hall–Kier alpha value is -5.47. The lowest BCUT2D eigenvalue weighted by Gasteiger charge is -2.25. The van der Waals surface area contributed by atoms with Crippen molar-refractivity contribution in [1.82, 2.24) is 24.7 Å². The highest BCUT2D eigenvalue weighted by Gasteiger charge is 2.31. The molecule has 208 valence electrons. The highest BCUT2D eigenvalue weighted by atomic mass is 19.1. The number of carbonyl (C=O) groups is 1. The summed E-state index contributed by atoms with van der Waals surface area (Å²) in [5.41, 5.74) is 6.08. The van der Waals surface area contributed by atoms with Crippen molar-refractivity contribution in [3.05, 3.63) is 82.0 Å². The largest absolute Gasteiger partial charge is 0.493 e. The lowest BCUT2D eigenvalue weighted by Crippen LogP contribution is -2.21. The molecule has 40 heavy (non-hydrogen) atoms. The molecular formula is C25H25FN8O6. The molecule has 0 amide bonds. The van der Waals surface area contributed by atoms with Gasteiger partial charge in [0.1, 0.15) is 25.1 Å². The summed E-state index contributed by atoms with van der Waals surface area (Å²) >= 11 is 0. The molecule has 6 N–H and O–H groups in total. The Labute approximate surface area is 226 Å². The van der Waals surface area contributed by atoms with Crippen molar-refractivity contribution in [2.75, 3.05) is 25.6 Å². The number of nitrogens with two attached hydrogens (primary N) is 1. The molecule has 0 saturated carbocycles. The number of nitrogen functional groups attached to an aromatic ring is 1. The first-order chi connectivity index (χ1) is 19.2. The van der Waals surface area contributed by atoms with E-state index in [1.54, 1.807) is 30.3 Å². The Bertz CT molecular complexity index is 1570. The van der Waals surface area contributed by atoms with Crippen LogP contribution in [-0.4, -0.2) is 62.0 Å². The first-order valence-corrected chi connectivity index (χ1v) is 11.7. The predicted molar refractivity (Wildman–Crippen MR) is 140 cm³/mol. The van der Waals surface area contributed by atoms with Crippen molar-refractivity contribution in [2.45, 2.75) is 13.0 Å². The van der Waals surface area contributed by atoms with E-state index in [-0.39, 0.29) is 53.6 Å². The van der Waals surface area contributed by atoms with Gasteiger partial charge in [0, 0.05) is 36.1 Å². The van der Waals surface area contributed by atoms with Gasteiger partial charge in [0.25, 0.3) is 11.9 Å². The third kappa shape index (κ3) is 5.98. The number of hydrogen-bond acceptors (Lipinski definition) is 10. The number of ether oxygens (including phenoxy) is 3. The summed E-state index contributed by atoms with van der Waals surface area (Å²) in [7, 11) is 1.43. The average molecular weight is 553 g/mol. The number of methoxy groups -OCH3 is 1. The SMILES string of the molecule is CC(=O)O.COc1cc([C@H](Nc2ccc(C(=N)N)cc2)c2nn(-c3ncccn3)c(=O)[nH]2)c(F)c2c1OCCO2. The summed E-state index contributed by atoms with van der Waals surface area (Å²) in [6, 6.07) is 8.69. The van der Waals surface area contributed by atoms with E-state index >= 15 is 4.39 Å². The van der Waals surface area contributed by atoms with E-state index in [1.807, 2.05) is 0 Å². The van der Waals surface area contributed by atoms with Crippen molar-refractivity contribution in [3.8, 4) is 23.2 Å². The smallest absolute Gasteiger partial charge is 0.350 e. The zero-order valence-electron chi connectivity index (χ0n) is 21.3. The summed E-state index contributed by atoms with van der Waals surface area (Å²) in [5, 5.41) is 22.5. The second-order valence-corrected chi connectivity index (χ2v) is 8.20. The first-order valence-electron chi connectivity index (χ1n) is 11.7. The number of carboxylic acids is 1. The van der Waals surface area contributed by atoms with E-state index in [4.69, 9.17) is 35.3 Å². The number of H-pyrrole nitrogens is 1. The van der Waals surface area contributed by atoms with Crippen molar-refractivity contribution < 1.29 is 28.5 Å². The van der Waals surface area contributed by atoms with Crippen LogP contribution in [0.25, 0.3) is 5.95 Å². The summed E-state index contributed by atoms with van der Waals surface area (Å²) in [4.78, 5) is 32.5. The van der Waals surface area contributed by atoms with E-state index < -0.39 is 23.5 Å². The zero-order valence-corrected chi connectivity index (χ0v) is 21.3. The number of carboxylic acid groups (broad SMARTS) is 1. The molecule has 0 bridgehead atoms. The third-order valence-electron chi connectivity index (χ3n) is 5.43. The fourth-order valence-electron chi connectivity index (χ4n) is 3.74. The van der Waals surface area contributed by atoms with E-state index in [0.717, 1.165) is 11.6 Å². The Kier molecular flexibility index (Phi) is 8.22. The first kappa shape index (κ1) is 27.6. The van der Waals surface area contributed by atoms with Crippen LogP contribution in [0.2, 0.25) is 0 Å². The highest BCUT2D eigenvalue weighted by molar-refractivity contribution is 5.95. The number of hydrogen-bond donors (Lipinski definition) is 5. The van der Waals surface area contributed by atoms with Crippen LogP contribution in [0.1, 0.15) is 29.9 Å². The number of aliphatic carboxylic acids is 1. The fraction of sp³-hybridized carbons (Fsp3) is 0.200. The average Bonchev–Trinajstić information content (AvgIpc) is 3.34. The minimum Gasteiger partial charge on any atom is -0.493 e. The molecule has 5 rings (SSSR count). The summed E-state index contributed by atoms with van der Waals surface area (Å²) in [6.07, 6.45) is 2.95. The second-order valence-electron chi connectivity index (χ2n) is 8.20. The van der Waals surface area contributed by atoms with E-state index in [2.05, 4.69) is 25.4 Å². The third-order valence-corrected chi connectivity index (χ3v) is 5.43. The molecule has 1 atom stereocenters. The van der Waals surface area contributed by atoms with Crippen LogP contribution in [0, 0.1) is 11.2 Å². The minimum absolute atomic E-state index is 0.0507. The van der Waals surface area contributed by atoms with Crippen LogP contribution in [-0.2, 0) is 4.79 Å². The van der Waals surface area contributed by atoms with Gasteiger partial charge in [-0.3, -0.25) is 15.2 Å². The highest BCUT2D eigenvalue weighted by Crippen LogP contribution is 2.45. The molecule has 1 aliphatic rings. The van der Waals surface area contributed by atoms with Gasteiger partial charge in [-0.25, -0.2) is 19.2 Å². The summed E-state index contributed by atoms with van der Waals surface area (Å²) in [5.74, 6) is -1.17. The quantitative estimate of drug-likeness (QED) is 0.165. The maximum absolute atomic E-state index is 15.8. The monoisotopic (exact) mass is 552 g/mol. The van der Waals surface area contributed by atoms with Crippen LogP contribution < -0.4 is 31.0 Å². The van der Waals surface area contributed by atoms with Gasteiger partial charge in [0.2, 0.25) is 11.5 Å². The Morgan fingerprint density at radius 2 is 1.85 bits per heavy atom. The van der Waals surface area contributed by atoms with Crippen molar-refractivity contribution in [1.29, 1.82) is 5.41 Å². The molecule has 4 aromatic rings. The molecule has 0 saturated heterocycles. The molecule has 0 fully saturated rings. The maximum atomic E-state index is 15.8. The van der Waals surface area contributed by atoms with Crippen molar-refractivity contribution in [3.63, 3.8) is 0 Å². The number of benzene rings is 2. The van der Waals surface area contributed by atoms with Crippen molar-refractivity contribution >= 4 is 17.5 Å². The maximum Gasteiger partial charge on any atom is 0.350 e. The van der Waals surface area contributed by atoms with Gasteiger partial charge < -0.3 is 30.4 Å². The number of fused-ring (bicyclic) bond motifs is 1. The topological polar surface area (TPSA) is 203 Å². The van der Waals surface area contributed by atoms with E-state index in [9.17, 15) is 4.79 Å². The van der Waals surface area contributed by atoms with Gasteiger partial charge in [-0.1, -0.05) is 0 Å². The lowest BCUT2D eigenvalue weighted by atomic mass is 10.0. The number of halogens is 1. The summed E-state index contributed by atoms with van der Waals surface area (Å²) < 4.78 is 33.3. The van der Waals surface area contributed by atoms with E-state index in [1.165, 1.54) is 25.6 Å². The number of anilines is 1. The molecule has 0 radical (unpaired) electrons. The molecule has 0 aliphatic carbocycles. The Morgan fingerprint density at radius 1 is 1.23 bits per heavy atom. The number of nitrogens with zero attached hydrogens (tertiary/aromatic N) is 4. The number of aromatic nitrogens is 5. The fourth-order valence-corrected chi connectivity index (χ4v) is 3.74. The summed E-state index contributed by atoms with van der Waals surface area (Å²) in [6.45, 7) is 1.50. The van der Waals surface area contributed by atoms with Gasteiger partial charge >= 0.3 is 5.69 Å². The molecule has 2 aromatic carbocycles. The lowest BCUT2D eigenvalue weighted by molar-refractivity contribution is -0.134. The van der Waals surface area contributed by atoms with Gasteiger partial charge in [0.05, 0.1) is 7.11 Å². The van der Waals surface area contributed by atoms with Gasteiger partial charge in [0.15, 0.2) is 17.4 Å². The van der Waals surface area contributed by atoms with Gasteiger partial charge in [-0.05, 0) is 36.4 Å². The van der Waals surface area contributed by atoms with Crippen LogP contribution in [0.5, 0.6) is 17.2 Å². The molecule has 15 heteroatoms. The minimum atomic E-state index is -1.00. The Balaban J connectivity index is 0.000000867. The standard InChI is InChI=1S/C23H21FN8O4.C2H4O2/c1-34-15-11-14(16(24)19-18(15)35-9-10-36-19)17(29-13-5-3-12(4-6-13)20(25)26)21-30-23(33)32(31-21)22-27-7-2-8-28-22;1-2(3)4/h2-8,11,17,29H,9-10H2,1H3,(H3,25,26)(H,30,31,33);1H3,(H,3,4)/t17-;/m0./s1. The molecule has 0 spiro atoms. The predicted octanol–water partition coefficient (Wildman–Crippen LogP) is 1.85. The van der Waals surface area contributed by atoms with Gasteiger partial charge in [-0.15, -0.1) is 9.78 Å². The van der Waals surface area contributed by atoms with E-state index in [0.29, 0.717) is 11.3 Å². The molecule has 0 unspecified atom stereocenters. The second kappa shape index (κ2) is 11.9. The van der Waals surface area contributed by atoms with Crippen LogP contribution in [0.4, 0.5) is 10.1 Å². The molecular weight excluding hydrogens is 527 g/mol. The van der Waals surface area contributed by atoms with Crippen LogP contribution >= 0.6 is 0 Å². The molecule has 2 aromatic heterocycles. The van der Waals surface area contributed by atoms with Crippen LogP contribution in [0.15, 0.2) is 53.6 Å². The van der Waals surface area contributed by atoms with Crippen molar-refractivity contribution in [2.24, 2.45) is 5.73 Å².